The third kappa shape index (κ3) is 2.24. The van der Waals surface area contributed by atoms with Crippen molar-refractivity contribution in [2.75, 3.05) is 18.5 Å². The summed E-state index contributed by atoms with van der Waals surface area (Å²) in [6.45, 7) is 3.49. The van der Waals surface area contributed by atoms with Gasteiger partial charge in [0.15, 0.2) is 11.5 Å². The van der Waals surface area contributed by atoms with E-state index in [1.807, 2.05) is 12.1 Å². The molecule has 1 aromatic rings. The monoisotopic (exact) mass is 267 g/mol. The number of nitrogens with one attached hydrogen (secondary N) is 1. The van der Waals surface area contributed by atoms with Crippen LogP contribution in [0.1, 0.15) is 26.2 Å². The SMILES string of the molecule is CC1CCCC1Nc1cc2c(cc1Cl)OCCO2. The van der Waals surface area contributed by atoms with Crippen molar-refractivity contribution in [3.05, 3.63) is 17.2 Å². The third-order valence-electron chi connectivity index (χ3n) is 3.83. The highest BCUT2D eigenvalue weighted by Gasteiger charge is 2.24. The number of halogens is 1. The van der Waals surface area contributed by atoms with Gasteiger partial charge in [-0.05, 0) is 18.8 Å². The molecule has 1 aliphatic carbocycles. The van der Waals surface area contributed by atoms with Crippen molar-refractivity contribution >= 4 is 17.3 Å². The number of hydrogen-bond donors (Lipinski definition) is 1. The standard InChI is InChI=1S/C14H18ClNO2/c1-9-3-2-4-11(9)16-12-8-14-13(7-10(12)15)17-5-6-18-14/h7-9,11,16H,2-6H2,1H3. The molecule has 3 nitrogen and oxygen atoms in total. The van der Waals surface area contributed by atoms with Crippen molar-refractivity contribution in [2.45, 2.75) is 32.2 Å². The molecule has 0 radical (unpaired) electrons. The molecule has 98 valence electrons. The summed E-state index contributed by atoms with van der Waals surface area (Å²) in [7, 11) is 0. The topological polar surface area (TPSA) is 30.5 Å². The molecule has 1 heterocycles. The highest BCUT2D eigenvalue weighted by molar-refractivity contribution is 6.33. The Kier molecular flexibility index (Phi) is 3.25. The van der Waals surface area contributed by atoms with Crippen molar-refractivity contribution in [3.8, 4) is 11.5 Å². The number of ether oxygens (including phenoxy) is 2. The zero-order valence-corrected chi connectivity index (χ0v) is 11.3. The number of rotatable bonds is 2. The van der Waals surface area contributed by atoms with Crippen molar-refractivity contribution in [3.63, 3.8) is 0 Å². The molecule has 1 aliphatic heterocycles. The van der Waals surface area contributed by atoms with Gasteiger partial charge in [0.1, 0.15) is 13.2 Å². The van der Waals surface area contributed by atoms with Crippen LogP contribution >= 0.6 is 11.6 Å². The van der Waals surface area contributed by atoms with Crippen LogP contribution in [0.5, 0.6) is 11.5 Å². The van der Waals surface area contributed by atoms with Crippen LogP contribution in [0.25, 0.3) is 0 Å². The molecule has 1 saturated carbocycles. The maximum atomic E-state index is 6.29. The Labute approximate surface area is 112 Å². The summed E-state index contributed by atoms with van der Waals surface area (Å²) >= 11 is 6.29. The van der Waals surface area contributed by atoms with E-state index in [0.29, 0.717) is 30.2 Å². The minimum atomic E-state index is 0.519. The molecular weight excluding hydrogens is 250 g/mol. The average molecular weight is 268 g/mol. The van der Waals surface area contributed by atoms with Crippen LogP contribution in [0.15, 0.2) is 12.1 Å². The van der Waals surface area contributed by atoms with E-state index < -0.39 is 0 Å². The second kappa shape index (κ2) is 4.88. The Morgan fingerprint density at radius 2 is 1.89 bits per heavy atom. The van der Waals surface area contributed by atoms with Gasteiger partial charge in [-0.25, -0.2) is 0 Å². The van der Waals surface area contributed by atoms with Crippen molar-refractivity contribution < 1.29 is 9.47 Å². The lowest BCUT2D eigenvalue weighted by Crippen LogP contribution is -2.22. The first kappa shape index (κ1) is 12.0. The zero-order valence-electron chi connectivity index (χ0n) is 10.5. The minimum Gasteiger partial charge on any atom is -0.486 e. The summed E-state index contributed by atoms with van der Waals surface area (Å²) in [5, 5.41) is 4.25. The minimum absolute atomic E-state index is 0.519. The van der Waals surface area contributed by atoms with E-state index in [2.05, 4.69) is 12.2 Å². The number of hydrogen-bond acceptors (Lipinski definition) is 3. The predicted octanol–water partition coefficient (Wildman–Crippen LogP) is 3.71. The summed E-state index contributed by atoms with van der Waals surface area (Å²) in [5.41, 5.74) is 0.958. The first-order valence-corrected chi connectivity index (χ1v) is 6.97. The molecule has 2 aliphatic rings. The van der Waals surface area contributed by atoms with Crippen molar-refractivity contribution in [2.24, 2.45) is 5.92 Å². The summed E-state index contributed by atoms with van der Waals surface area (Å²) in [4.78, 5) is 0. The van der Waals surface area contributed by atoms with E-state index in [1.165, 1.54) is 19.3 Å². The molecule has 1 aromatic carbocycles. The zero-order chi connectivity index (χ0) is 12.5. The van der Waals surface area contributed by atoms with Crippen LogP contribution in [0.3, 0.4) is 0 Å². The molecule has 2 atom stereocenters. The number of anilines is 1. The van der Waals surface area contributed by atoms with Gasteiger partial charge in [-0.1, -0.05) is 24.9 Å². The lowest BCUT2D eigenvalue weighted by Gasteiger charge is -2.23. The first-order chi connectivity index (χ1) is 8.74. The van der Waals surface area contributed by atoms with Gasteiger partial charge in [-0.15, -0.1) is 0 Å². The van der Waals surface area contributed by atoms with Crippen LogP contribution in [-0.2, 0) is 0 Å². The fourth-order valence-corrected chi connectivity index (χ4v) is 2.94. The van der Waals surface area contributed by atoms with Gasteiger partial charge in [0, 0.05) is 18.2 Å². The molecule has 1 N–H and O–H groups in total. The van der Waals surface area contributed by atoms with Gasteiger partial charge in [0.25, 0.3) is 0 Å². The maximum Gasteiger partial charge on any atom is 0.163 e. The largest absolute Gasteiger partial charge is 0.486 e. The van der Waals surface area contributed by atoms with E-state index in [4.69, 9.17) is 21.1 Å². The Bertz CT molecular complexity index is 450. The normalized spacial score (nSPS) is 26.1. The molecular formula is C14H18ClNO2. The summed E-state index contributed by atoms with van der Waals surface area (Å²) < 4.78 is 11.1. The summed E-state index contributed by atoms with van der Waals surface area (Å²) in [5.74, 6) is 2.24. The molecule has 2 unspecified atom stereocenters. The van der Waals surface area contributed by atoms with Gasteiger partial charge in [0.05, 0.1) is 10.7 Å². The quantitative estimate of drug-likeness (QED) is 0.886. The van der Waals surface area contributed by atoms with Crippen LogP contribution in [0, 0.1) is 5.92 Å². The number of fused-ring (bicyclic) bond motifs is 1. The van der Waals surface area contributed by atoms with Gasteiger partial charge >= 0.3 is 0 Å². The van der Waals surface area contributed by atoms with Gasteiger partial charge in [-0.2, -0.15) is 0 Å². The van der Waals surface area contributed by atoms with Crippen LogP contribution in [0.2, 0.25) is 5.02 Å². The van der Waals surface area contributed by atoms with Crippen LogP contribution < -0.4 is 14.8 Å². The smallest absolute Gasteiger partial charge is 0.163 e. The van der Waals surface area contributed by atoms with Gasteiger partial charge < -0.3 is 14.8 Å². The molecule has 0 aromatic heterocycles. The van der Waals surface area contributed by atoms with Crippen molar-refractivity contribution in [1.82, 2.24) is 0 Å². The first-order valence-electron chi connectivity index (χ1n) is 6.60. The lowest BCUT2D eigenvalue weighted by molar-refractivity contribution is 0.171. The molecule has 0 saturated heterocycles. The van der Waals surface area contributed by atoms with Crippen molar-refractivity contribution in [1.29, 1.82) is 0 Å². The van der Waals surface area contributed by atoms with E-state index in [9.17, 15) is 0 Å². The molecule has 4 heteroatoms. The summed E-state index contributed by atoms with van der Waals surface area (Å²) in [6, 6.07) is 4.32. The van der Waals surface area contributed by atoms with E-state index in [-0.39, 0.29) is 0 Å². The number of benzene rings is 1. The predicted molar refractivity (Wildman–Crippen MR) is 72.9 cm³/mol. The van der Waals surface area contributed by atoms with E-state index >= 15 is 0 Å². The second-order valence-electron chi connectivity index (χ2n) is 5.13. The Hall–Kier alpha value is -1.09. The Morgan fingerprint density at radius 1 is 1.17 bits per heavy atom. The second-order valence-corrected chi connectivity index (χ2v) is 5.54. The lowest BCUT2D eigenvalue weighted by atomic mass is 10.1. The molecule has 3 rings (SSSR count). The molecule has 0 spiro atoms. The molecule has 18 heavy (non-hydrogen) atoms. The highest BCUT2D eigenvalue weighted by atomic mass is 35.5. The van der Waals surface area contributed by atoms with Crippen LogP contribution in [-0.4, -0.2) is 19.3 Å². The maximum absolute atomic E-state index is 6.29. The van der Waals surface area contributed by atoms with E-state index in [0.717, 1.165) is 17.2 Å². The molecule has 1 fully saturated rings. The van der Waals surface area contributed by atoms with Gasteiger partial charge in [-0.3, -0.25) is 0 Å². The third-order valence-corrected chi connectivity index (χ3v) is 4.15. The average Bonchev–Trinajstić information content (AvgIpc) is 2.76. The van der Waals surface area contributed by atoms with Gasteiger partial charge in [0.2, 0.25) is 0 Å². The Balaban J connectivity index is 1.83. The molecule has 0 amide bonds. The van der Waals surface area contributed by atoms with E-state index in [1.54, 1.807) is 0 Å². The highest BCUT2D eigenvalue weighted by Crippen LogP contribution is 2.39. The summed E-state index contributed by atoms with van der Waals surface area (Å²) in [6.07, 6.45) is 3.80. The molecule has 0 bridgehead atoms. The van der Waals surface area contributed by atoms with Crippen LogP contribution in [0.4, 0.5) is 5.69 Å². The fourth-order valence-electron chi connectivity index (χ4n) is 2.73. The fraction of sp³-hybridized carbons (Fsp3) is 0.571. The Morgan fingerprint density at radius 3 is 2.56 bits per heavy atom.